The Labute approximate surface area is 183 Å². The van der Waals surface area contributed by atoms with Gasteiger partial charge in [-0.15, -0.1) is 0 Å². The molecule has 0 amide bonds. The van der Waals surface area contributed by atoms with Gasteiger partial charge in [0.15, 0.2) is 5.65 Å². The summed E-state index contributed by atoms with van der Waals surface area (Å²) in [5.74, 6) is 1.14. The van der Waals surface area contributed by atoms with Crippen LogP contribution in [0.1, 0.15) is 18.5 Å². The predicted octanol–water partition coefficient (Wildman–Crippen LogP) is 2.62. The van der Waals surface area contributed by atoms with Gasteiger partial charge in [-0.25, -0.2) is 14.4 Å². The molecule has 9 nitrogen and oxygen atoms in total. The fourth-order valence-corrected chi connectivity index (χ4v) is 4.36. The average Bonchev–Trinajstić information content (AvgIpc) is 3.49. The molecule has 2 saturated heterocycles. The molecule has 2 fully saturated rings. The highest BCUT2D eigenvalue weighted by atomic mass is 19.1. The number of aryl methyl sites for hydroxylation is 1. The highest BCUT2D eigenvalue weighted by Gasteiger charge is 2.24. The number of rotatable bonds is 3. The topological polar surface area (TPSA) is 84.6 Å². The summed E-state index contributed by atoms with van der Waals surface area (Å²) in [4.78, 5) is 23.4. The fourth-order valence-electron chi connectivity index (χ4n) is 4.36. The number of nitrogens with zero attached hydrogens (tertiary/aromatic N) is 8. The Morgan fingerprint density at radius 3 is 2.50 bits per heavy atom. The van der Waals surface area contributed by atoms with E-state index in [4.69, 9.17) is 19.8 Å². The van der Waals surface area contributed by atoms with E-state index in [1.165, 1.54) is 12.1 Å². The van der Waals surface area contributed by atoms with Gasteiger partial charge >= 0.3 is 0 Å². The monoisotopic (exact) mass is 434 g/mol. The van der Waals surface area contributed by atoms with Gasteiger partial charge in [-0.3, -0.25) is 0 Å². The van der Waals surface area contributed by atoms with Crippen molar-refractivity contribution in [2.24, 2.45) is 0 Å². The van der Waals surface area contributed by atoms with Crippen LogP contribution < -0.4 is 9.80 Å². The van der Waals surface area contributed by atoms with Gasteiger partial charge in [0, 0.05) is 38.3 Å². The van der Waals surface area contributed by atoms with Crippen molar-refractivity contribution >= 4 is 28.6 Å². The number of halogens is 1. The highest BCUT2D eigenvalue weighted by molar-refractivity contribution is 5.78. The Morgan fingerprint density at radius 2 is 1.69 bits per heavy atom. The lowest BCUT2D eigenvalue weighted by Crippen LogP contribution is -2.38. The fraction of sp³-hybridized carbons (Fsp3) is 0.409. The first-order valence-corrected chi connectivity index (χ1v) is 11.0. The third-order valence-corrected chi connectivity index (χ3v) is 6.02. The maximum Gasteiger partial charge on any atom is 0.232 e. The predicted molar refractivity (Wildman–Crippen MR) is 118 cm³/mol. The maximum absolute atomic E-state index is 13.8. The lowest BCUT2D eigenvalue weighted by molar-refractivity contribution is 0.122. The van der Waals surface area contributed by atoms with E-state index in [0.717, 1.165) is 56.6 Å². The van der Waals surface area contributed by atoms with E-state index in [1.54, 1.807) is 10.6 Å². The molecule has 0 saturated carbocycles. The first-order chi connectivity index (χ1) is 15.7. The summed E-state index contributed by atoms with van der Waals surface area (Å²) in [6.45, 7) is 6.60. The van der Waals surface area contributed by atoms with Crippen molar-refractivity contribution in [3.63, 3.8) is 0 Å². The molecule has 1 aromatic carbocycles. The zero-order valence-electron chi connectivity index (χ0n) is 17.8. The molecule has 0 unspecified atom stereocenters. The Bertz CT molecular complexity index is 1310. The van der Waals surface area contributed by atoms with E-state index in [9.17, 15) is 4.39 Å². The molecule has 4 aromatic rings. The van der Waals surface area contributed by atoms with Crippen molar-refractivity contribution in [2.75, 3.05) is 49.2 Å². The first-order valence-electron chi connectivity index (χ1n) is 11.0. The van der Waals surface area contributed by atoms with Crippen molar-refractivity contribution in [3.8, 4) is 11.4 Å². The van der Waals surface area contributed by atoms with Crippen molar-refractivity contribution in [3.05, 3.63) is 35.8 Å². The van der Waals surface area contributed by atoms with Crippen molar-refractivity contribution < 1.29 is 9.13 Å². The second-order valence-electron chi connectivity index (χ2n) is 8.21. The normalized spacial score (nSPS) is 17.1. The zero-order chi connectivity index (χ0) is 21.7. The SMILES string of the molecule is Cc1nc2ccc(F)cc2nc1-c1cc2nc(N3CCCC3)nc(N3CCOCC3)n2n1. The molecule has 0 aliphatic carbocycles. The largest absolute Gasteiger partial charge is 0.378 e. The molecular weight excluding hydrogens is 411 g/mol. The average molecular weight is 434 g/mol. The van der Waals surface area contributed by atoms with Gasteiger partial charge in [0.25, 0.3) is 0 Å². The Kier molecular flexibility index (Phi) is 4.60. The van der Waals surface area contributed by atoms with Crippen LogP contribution in [0.4, 0.5) is 16.3 Å². The molecule has 0 bridgehead atoms. The summed E-state index contributed by atoms with van der Waals surface area (Å²) in [6, 6.07) is 6.34. The molecule has 0 spiro atoms. The third-order valence-electron chi connectivity index (χ3n) is 6.02. The van der Waals surface area contributed by atoms with Gasteiger partial charge in [0.1, 0.15) is 17.2 Å². The second-order valence-corrected chi connectivity index (χ2v) is 8.21. The Hall–Kier alpha value is -3.40. The summed E-state index contributed by atoms with van der Waals surface area (Å²) >= 11 is 0. The highest BCUT2D eigenvalue weighted by Crippen LogP contribution is 2.27. The van der Waals surface area contributed by atoms with Crippen LogP contribution in [0, 0.1) is 12.7 Å². The number of hydrogen-bond donors (Lipinski definition) is 0. The quantitative estimate of drug-likeness (QED) is 0.487. The van der Waals surface area contributed by atoms with Crippen LogP contribution in [0.15, 0.2) is 24.3 Å². The number of benzene rings is 1. The summed E-state index contributed by atoms with van der Waals surface area (Å²) in [5, 5.41) is 4.81. The maximum atomic E-state index is 13.8. The summed E-state index contributed by atoms with van der Waals surface area (Å²) in [5.41, 5.74) is 3.85. The van der Waals surface area contributed by atoms with Gasteiger partial charge in [0.2, 0.25) is 11.9 Å². The van der Waals surface area contributed by atoms with E-state index >= 15 is 0 Å². The van der Waals surface area contributed by atoms with Crippen LogP contribution in [0.5, 0.6) is 0 Å². The van der Waals surface area contributed by atoms with Crippen LogP contribution in [-0.4, -0.2) is 68.9 Å². The molecule has 2 aliphatic rings. The van der Waals surface area contributed by atoms with Gasteiger partial charge in [-0.1, -0.05) is 0 Å². The minimum absolute atomic E-state index is 0.340. The van der Waals surface area contributed by atoms with Gasteiger partial charge in [-0.05, 0) is 31.9 Å². The lowest BCUT2D eigenvalue weighted by Gasteiger charge is -2.28. The molecule has 0 atom stereocenters. The minimum atomic E-state index is -0.340. The number of hydrogen-bond acceptors (Lipinski definition) is 8. The number of fused-ring (bicyclic) bond motifs is 2. The smallest absolute Gasteiger partial charge is 0.232 e. The number of anilines is 2. The Balaban J connectivity index is 1.51. The molecule has 3 aromatic heterocycles. The molecule has 6 rings (SSSR count). The van der Waals surface area contributed by atoms with Gasteiger partial charge in [0.05, 0.1) is 29.9 Å². The molecular formula is C22H23FN8O. The zero-order valence-corrected chi connectivity index (χ0v) is 17.8. The summed E-state index contributed by atoms with van der Waals surface area (Å²) < 4.78 is 21.1. The number of aromatic nitrogens is 6. The van der Waals surface area contributed by atoms with Crippen LogP contribution >= 0.6 is 0 Å². The van der Waals surface area contributed by atoms with Crippen molar-refractivity contribution in [1.29, 1.82) is 0 Å². The molecule has 0 radical (unpaired) electrons. The second kappa shape index (κ2) is 7.63. The molecule has 5 heterocycles. The van der Waals surface area contributed by atoms with E-state index < -0.39 is 0 Å². The van der Waals surface area contributed by atoms with Crippen LogP contribution in [0.2, 0.25) is 0 Å². The first kappa shape index (κ1) is 19.3. The van der Waals surface area contributed by atoms with Crippen LogP contribution in [0.3, 0.4) is 0 Å². The summed E-state index contributed by atoms with van der Waals surface area (Å²) in [6.07, 6.45) is 2.29. The summed E-state index contributed by atoms with van der Waals surface area (Å²) in [7, 11) is 0. The molecule has 164 valence electrons. The molecule has 0 N–H and O–H groups in total. The van der Waals surface area contributed by atoms with Crippen LogP contribution in [0.25, 0.3) is 28.1 Å². The van der Waals surface area contributed by atoms with Crippen molar-refractivity contribution in [1.82, 2.24) is 29.5 Å². The van der Waals surface area contributed by atoms with E-state index in [0.29, 0.717) is 41.3 Å². The van der Waals surface area contributed by atoms with E-state index in [1.807, 2.05) is 13.0 Å². The van der Waals surface area contributed by atoms with Gasteiger partial charge in [-0.2, -0.15) is 19.6 Å². The molecule has 32 heavy (non-hydrogen) atoms. The van der Waals surface area contributed by atoms with Crippen molar-refractivity contribution in [2.45, 2.75) is 19.8 Å². The lowest BCUT2D eigenvalue weighted by atomic mass is 10.2. The van der Waals surface area contributed by atoms with E-state index in [-0.39, 0.29) is 5.82 Å². The molecule has 2 aliphatic heterocycles. The van der Waals surface area contributed by atoms with E-state index in [2.05, 4.69) is 19.8 Å². The minimum Gasteiger partial charge on any atom is -0.378 e. The van der Waals surface area contributed by atoms with Crippen LogP contribution in [-0.2, 0) is 4.74 Å². The standard InChI is InChI=1S/C22H23FN8O/c1-14-20(25-17-12-15(23)4-5-16(17)24-14)18-13-19-26-21(29-6-2-3-7-29)27-22(31(19)28-18)30-8-10-32-11-9-30/h4-5,12-13H,2-3,6-11H2,1H3. The molecule has 10 heteroatoms. The third kappa shape index (κ3) is 3.31. The Morgan fingerprint density at radius 1 is 0.875 bits per heavy atom. The van der Waals surface area contributed by atoms with Gasteiger partial charge < -0.3 is 14.5 Å². The number of ether oxygens (including phenoxy) is 1. The number of morpholine rings is 1.